The second-order valence-electron chi connectivity index (χ2n) is 6.16. The standard InChI is InChI=1S/C17H25N3O2/c18-15-4-6-19(7-5-15)16-3-1-2-14(12-16)13-17(21)20-8-10-22-11-9-20/h1-3,12,15H,4-11,13,18H2. The summed E-state index contributed by atoms with van der Waals surface area (Å²) in [5.74, 6) is 0.195. The number of piperidine rings is 1. The molecule has 1 aromatic rings. The number of rotatable bonds is 3. The van der Waals surface area contributed by atoms with Crippen LogP contribution in [0.1, 0.15) is 18.4 Å². The van der Waals surface area contributed by atoms with Gasteiger partial charge in [0.2, 0.25) is 5.91 Å². The van der Waals surface area contributed by atoms with Crippen molar-refractivity contribution in [2.45, 2.75) is 25.3 Å². The second-order valence-corrected chi connectivity index (χ2v) is 6.16. The molecule has 2 heterocycles. The molecular formula is C17H25N3O2. The summed E-state index contributed by atoms with van der Waals surface area (Å²) in [7, 11) is 0. The van der Waals surface area contributed by atoms with Crippen LogP contribution in [0.5, 0.6) is 0 Å². The van der Waals surface area contributed by atoms with Gasteiger partial charge in [0.25, 0.3) is 0 Å². The summed E-state index contributed by atoms with van der Waals surface area (Å²) in [6, 6.07) is 8.69. The van der Waals surface area contributed by atoms with Gasteiger partial charge in [0, 0.05) is 37.9 Å². The minimum atomic E-state index is 0.195. The zero-order valence-corrected chi connectivity index (χ0v) is 13.0. The number of amides is 1. The smallest absolute Gasteiger partial charge is 0.227 e. The molecule has 0 radical (unpaired) electrons. The van der Waals surface area contributed by atoms with Crippen molar-refractivity contribution >= 4 is 11.6 Å². The van der Waals surface area contributed by atoms with Gasteiger partial charge in [-0.05, 0) is 30.5 Å². The van der Waals surface area contributed by atoms with Crippen LogP contribution in [0, 0.1) is 0 Å². The van der Waals surface area contributed by atoms with Crippen molar-refractivity contribution in [1.82, 2.24) is 4.90 Å². The molecule has 3 rings (SSSR count). The van der Waals surface area contributed by atoms with E-state index in [0.717, 1.165) is 31.5 Å². The quantitative estimate of drug-likeness (QED) is 0.905. The van der Waals surface area contributed by atoms with Crippen LogP contribution >= 0.6 is 0 Å². The highest BCUT2D eigenvalue weighted by Crippen LogP contribution is 2.21. The number of nitrogens with zero attached hydrogens (tertiary/aromatic N) is 2. The maximum Gasteiger partial charge on any atom is 0.227 e. The lowest BCUT2D eigenvalue weighted by molar-refractivity contribution is -0.134. The summed E-state index contributed by atoms with van der Waals surface area (Å²) >= 11 is 0. The molecule has 0 unspecified atom stereocenters. The van der Waals surface area contributed by atoms with Crippen LogP contribution in [-0.2, 0) is 16.0 Å². The molecule has 0 bridgehead atoms. The van der Waals surface area contributed by atoms with Crippen LogP contribution in [0.4, 0.5) is 5.69 Å². The van der Waals surface area contributed by atoms with Gasteiger partial charge in [-0.1, -0.05) is 12.1 Å². The molecule has 120 valence electrons. The third-order valence-electron chi connectivity index (χ3n) is 4.53. The van der Waals surface area contributed by atoms with Crippen LogP contribution in [0.15, 0.2) is 24.3 Å². The highest BCUT2D eigenvalue weighted by molar-refractivity contribution is 5.79. The van der Waals surface area contributed by atoms with Gasteiger partial charge in [-0.3, -0.25) is 4.79 Å². The first-order chi connectivity index (χ1) is 10.7. The van der Waals surface area contributed by atoms with E-state index in [1.165, 1.54) is 5.69 Å². The van der Waals surface area contributed by atoms with Gasteiger partial charge in [-0.25, -0.2) is 0 Å². The first-order valence-corrected chi connectivity index (χ1v) is 8.17. The van der Waals surface area contributed by atoms with Crippen LogP contribution < -0.4 is 10.6 Å². The van der Waals surface area contributed by atoms with Gasteiger partial charge in [0.15, 0.2) is 0 Å². The minimum absolute atomic E-state index is 0.195. The van der Waals surface area contributed by atoms with E-state index in [2.05, 4.69) is 17.0 Å². The molecule has 5 nitrogen and oxygen atoms in total. The van der Waals surface area contributed by atoms with Gasteiger partial charge in [0.1, 0.15) is 0 Å². The molecule has 2 aliphatic heterocycles. The second kappa shape index (κ2) is 7.11. The number of carbonyl (C=O) groups is 1. The van der Waals surface area contributed by atoms with E-state index in [9.17, 15) is 4.79 Å². The predicted octanol–water partition coefficient (Wildman–Crippen LogP) is 1.02. The fourth-order valence-electron chi connectivity index (χ4n) is 3.12. The molecule has 0 atom stereocenters. The van der Waals surface area contributed by atoms with E-state index >= 15 is 0 Å². The molecule has 0 spiro atoms. The molecule has 2 fully saturated rings. The Hall–Kier alpha value is -1.59. The first kappa shape index (κ1) is 15.3. The Morgan fingerprint density at radius 3 is 2.64 bits per heavy atom. The maximum absolute atomic E-state index is 12.3. The lowest BCUT2D eigenvalue weighted by atomic mass is 10.0. The lowest BCUT2D eigenvalue weighted by Crippen LogP contribution is -2.41. The first-order valence-electron chi connectivity index (χ1n) is 8.17. The monoisotopic (exact) mass is 303 g/mol. The van der Waals surface area contributed by atoms with Gasteiger partial charge >= 0.3 is 0 Å². The number of anilines is 1. The van der Waals surface area contributed by atoms with Crippen molar-refractivity contribution in [2.24, 2.45) is 5.73 Å². The van der Waals surface area contributed by atoms with Crippen LogP contribution in [-0.4, -0.2) is 56.2 Å². The van der Waals surface area contributed by atoms with E-state index in [0.29, 0.717) is 38.8 Å². The molecule has 2 aliphatic rings. The SMILES string of the molecule is NC1CCN(c2cccc(CC(=O)N3CCOCC3)c2)CC1. The Kier molecular flexibility index (Phi) is 4.95. The van der Waals surface area contributed by atoms with Crippen molar-refractivity contribution in [3.8, 4) is 0 Å². The number of hydrogen-bond acceptors (Lipinski definition) is 4. The molecule has 1 amide bonds. The van der Waals surface area contributed by atoms with E-state index in [4.69, 9.17) is 10.5 Å². The average Bonchev–Trinajstić information content (AvgIpc) is 2.56. The molecule has 0 aliphatic carbocycles. The van der Waals surface area contributed by atoms with Crippen molar-refractivity contribution in [2.75, 3.05) is 44.3 Å². The zero-order valence-electron chi connectivity index (χ0n) is 13.0. The topological polar surface area (TPSA) is 58.8 Å². The Balaban J connectivity index is 1.62. The maximum atomic E-state index is 12.3. The summed E-state index contributed by atoms with van der Waals surface area (Å²) in [6.45, 7) is 4.73. The van der Waals surface area contributed by atoms with E-state index in [1.54, 1.807) is 0 Å². The summed E-state index contributed by atoms with van der Waals surface area (Å²) in [4.78, 5) is 16.6. The van der Waals surface area contributed by atoms with Gasteiger partial charge in [0.05, 0.1) is 19.6 Å². The highest BCUT2D eigenvalue weighted by Gasteiger charge is 2.19. The summed E-state index contributed by atoms with van der Waals surface area (Å²) in [6.07, 6.45) is 2.55. The molecular weight excluding hydrogens is 278 g/mol. The lowest BCUT2D eigenvalue weighted by Gasteiger charge is -2.32. The Labute approximate surface area is 132 Å². The van der Waals surface area contributed by atoms with Crippen molar-refractivity contribution in [1.29, 1.82) is 0 Å². The van der Waals surface area contributed by atoms with E-state index < -0.39 is 0 Å². The number of carbonyl (C=O) groups excluding carboxylic acids is 1. The van der Waals surface area contributed by atoms with Gasteiger partial charge in [-0.2, -0.15) is 0 Å². The third-order valence-corrected chi connectivity index (χ3v) is 4.53. The van der Waals surface area contributed by atoms with Gasteiger partial charge < -0.3 is 20.3 Å². The van der Waals surface area contributed by atoms with Crippen molar-refractivity contribution in [3.63, 3.8) is 0 Å². The van der Waals surface area contributed by atoms with Gasteiger partial charge in [-0.15, -0.1) is 0 Å². The van der Waals surface area contributed by atoms with E-state index in [-0.39, 0.29) is 5.91 Å². The largest absolute Gasteiger partial charge is 0.378 e. The third kappa shape index (κ3) is 3.78. The molecule has 0 saturated carbocycles. The van der Waals surface area contributed by atoms with E-state index in [1.807, 2.05) is 17.0 Å². The molecule has 2 N–H and O–H groups in total. The Morgan fingerprint density at radius 1 is 1.18 bits per heavy atom. The minimum Gasteiger partial charge on any atom is -0.378 e. The molecule has 1 aromatic carbocycles. The Bertz CT molecular complexity index is 506. The number of nitrogens with two attached hydrogens (primary N) is 1. The van der Waals surface area contributed by atoms with Crippen LogP contribution in [0.25, 0.3) is 0 Å². The van der Waals surface area contributed by atoms with Crippen LogP contribution in [0.3, 0.4) is 0 Å². The molecule has 22 heavy (non-hydrogen) atoms. The number of morpholine rings is 1. The van der Waals surface area contributed by atoms with Crippen molar-refractivity contribution < 1.29 is 9.53 Å². The average molecular weight is 303 g/mol. The number of benzene rings is 1. The normalized spacial score (nSPS) is 20.2. The number of hydrogen-bond donors (Lipinski definition) is 1. The number of ether oxygens (including phenoxy) is 1. The highest BCUT2D eigenvalue weighted by atomic mass is 16.5. The summed E-state index contributed by atoms with van der Waals surface area (Å²) in [5.41, 5.74) is 8.26. The van der Waals surface area contributed by atoms with Crippen molar-refractivity contribution in [3.05, 3.63) is 29.8 Å². The summed E-state index contributed by atoms with van der Waals surface area (Å²) in [5, 5.41) is 0. The molecule has 5 heteroatoms. The Morgan fingerprint density at radius 2 is 1.91 bits per heavy atom. The molecule has 0 aromatic heterocycles. The predicted molar refractivity (Wildman–Crippen MR) is 87.0 cm³/mol. The fraction of sp³-hybridized carbons (Fsp3) is 0.588. The summed E-state index contributed by atoms with van der Waals surface area (Å²) < 4.78 is 5.30. The zero-order chi connectivity index (χ0) is 15.4. The fourth-order valence-corrected chi connectivity index (χ4v) is 3.12. The van der Waals surface area contributed by atoms with Crippen LogP contribution in [0.2, 0.25) is 0 Å². The molecule has 2 saturated heterocycles.